The van der Waals surface area contributed by atoms with E-state index in [4.69, 9.17) is 9.84 Å². The Balaban J connectivity index is 2.32. The van der Waals surface area contributed by atoms with Gasteiger partial charge >= 0.3 is 6.18 Å². The van der Waals surface area contributed by atoms with E-state index in [9.17, 15) is 13.2 Å². The number of hydrogen-bond donors (Lipinski definition) is 1. The summed E-state index contributed by atoms with van der Waals surface area (Å²) in [6.07, 6.45) is -4.45. The van der Waals surface area contributed by atoms with Crippen LogP contribution in [-0.2, 0) is 17.5 Å². The van der Waals surface area contributed by atoms with Crippen LogP contribution in [0.4, 0.5) is 18.9 Å². The number of rotatable bonds is 2. The van der Waals surface area contributed by atoms with Gasteiger partial charge in [0.05, 0.1) is 24.9 Å². The molecular formula is C13H16F3NO2. The van der Waals surface area contributed by atoms with Crippen LogP contribution in [0.15, 0.2) is 18.2 Å². The van der Waals surface area contributed by atoms with Crippen LogP contribution in [0.1, 0.15) is 18.1 Å². The first kappa shape index (κ1) is 14.1. The average Bonchev–Trinajstić information content (AvgIpc) is 2.37. The highest BCUT2D eigenvalue weighted by molar-refractivity contribution is 5.52. The largest absolute Gasteiger partial charge is 0.416 e. The van der Waals surface area contributed by atoms with Crippen LogP contribution in [0, 0.1) is 0 Å². The molecule has 106 valence electrons. The summed E-state index contributed by atoms with van der Waals surface area (Å²) >= 11 is 0. The van der Waals surface area contributed by atoms with E-state index in [1.54, 1.807) is 6.07 Å². The first-order valence-electron chi connectivity index (χ1n) is 6.09. The fourth-order valence-electron chi connectivity index (χ4n) is 2.22. The van der Waals surface area contributed by atoms with Gasteiger partial charge in [-0.2, -0.15) is 13.2 Å². The molecule has 0 radical (unpaired) electrons. The number of nitrogens with zero attached hydrogens (tertiary/aromatic N) is 1. The molecule has 1 heterocycles. The number of morpholine rings is 1. The van der Waals surface area contributed by atoms with Crippen LogP contribution in [0.5, 0.6) is 0 Å². The fourth-order valence-corrected chi connectivity index (χ4v) is 2.22. The summed E-state index contributed by atoms with van der Waals surface area (Å²) in [4.78, 5) is 1.87. The lowest BCUT2D eigenvalue weighted by Gasteiger charge is -2.33. The van der Waals surface area contributed by atoms with Crippen molar-refractivity contribution in [1.29, 1.82) is 0 Å². The Kier molecular flexibility index (Phi) is 4.01. The quantitative estimate of drug-likeness (QED) is 0.899. The van der Waals surface area contributed by atoms with Gasteiger partial charge < -0.3 is 14.7 Å². The molecule has 0 spiro atoms. The van der Waals surface area contributed by atoms with Crippen molar-refractivity contribution in [3.05, 3.63) is 29.3 Å². The van der Waals surface area contributed by atoms with Gasteiger partial charge in [-0.25, -0.2) is 0 Å². The van der Waals surface area contributed by atoms with Gasteiger partial charge in [0, 0.05) is 18.8 Å². The molecule has 1 saturated heterocycles. The number of hydrogen-bond acceptors (Lipinski definition) is 3. The molecule has 0 aliphatic carbocycles. The summed E-state index contributed by atoms with van der Waals surface area (Å²) < 4.78 is 44.1. The van der Waals surface area contributed by atoms with Crippen molar-refractivity contribution in [3.63, 3.8) is 0 Å². The topological polar surface area (TPSA) is 32.7 Å². The van der Waals surface area contributed by atoms with Gasteiger partial charge in [0.2, 0.25) is 0 Å². The van der Waals surface area contributed by atoms with E-state index in [0.717, 1.165) is 6.07 Å². The van der Waals surface area contributed by atoms with E-state index in [0.29, 0.717) is 25.4 Å². The summed E-state index contributed by atoms with van der Waals surface area (Å²) in [6.45, 7) is 2.91. The van der Waals surface area contributed by atoms with Gasteiger partial charge in [-0.1, -0.05) is 6.07 Å². The highest BCUT2D eigenvalue weighted by atomic mass is 19.4. The lowest BCUT2D eigenvalue weighted by atomic mass is 10.1. The number of aliphatic hydroxyl groups excluding tert-OH is 1. The Morgan fingerprint density at radius 2 is 2.16 bits per heavy atom. The fraction of sp³-hybridized carbons (Fsp3) is 0.538. The number of benzene rings is 1. The lowest BCUT2D eigenvalue weighted by molar-refractivity contribution is -0.138. The Bertz CT molecular complexity index is 448. The number of anilines is 1. The zero-order valence-corrected chi connectivity index (χ0v) is 10.6. The van der Waals surface area contributed by atoms with Crippen LogP contribution in [-0.4, -0.2) is 30.9 Å². The average molecular weight is 275 g/mol. The Morgan fingerprint density at radius 1 is 1.42 bits per heavy atom. The molecule has 3 nitrogen and oxygen atoms in total. The maximum Gasteiger partial charge on any atom is 0.416 e. The van der Waals surface area contributed by atoms with Gasteiger partial charge in [-0.15, -0.1) is 0 Å². The maximum atomic E-state index is 12.9. The Labute approximate surface area is 109 Å². The molecule has 2 rings (SSSR count). The second-order valence-corrected chi connectivity index (χ2v) is 4.62. The van der Waals surface area contributed by atoms with Crippen molar-refractivity contribution in [1.82, 2.24) is 0 Å². The minimum Gasteiger partial charge on any atom is -0.392 e. The second-order valence-electron chi connectivity index (χ2n) is 4.62. The first-order chi connectivity index (χ1) is 8.91. The smallest absolute Gasteiger partial charge is 0.392 e. The van der Waals surface area contributed by atoms with E-state index < -0.39 is 18.3 Å². The molecule has 0 bridgehead atoms. The monoisotopic (exact) mass is 275 g/mol. The minimum absolute atomic E-state index is 0.000560. The number of alkyl halides is 3. The molecule has 1 atom stereocenters. The minimum atomic E-state index is -4.45. The zero-order chi connectivity index (χ0) is 14.0. The van der Waals surface area contributed by atoms with E-state index in [2.05, 4.69) is 0 Å². The molecule has 0 aromatic heterocycles. The third-order valence-corrected chi connectivity index (χ3v) is 3.18. The van der Waals surface area contributed by atoms with E-state index in [-0.39, 0.29) is 11.7 Å². The van der Waals surface area contributed by atoms with Crippen molar-refractivity contribution in [2.45, 2.75) is 25.8 Å². The Morgan fingerprint density at radius 3 is 2.74 bits per heavy atom. The normalized spacial score (nSPS) is 20.7. The van der Waals surface area contributed by atoms with Crippen molar-refractivity contribution in [2.24, 2.45) is 0 Å². The summed E-state index contributed by atoms with van der Waals surface area (Å²) in [7, 11) is 0. The number of aliphatic hydroxyl groups is 1. The molecule has 6 heteroatoms. The van der Waals surface area contributed by atoms with Crippen molar-refractivity contribution in [2.75, 3.05) is 24.6 Å². The third kappa shape index (κ3) is 3.19. The van der Waals surface area contributed by atoms with Crippen molar-refractivity contribution >= 4 is 5.69 Å². The van der Waals surface area contributed by atoms with Gasteiger partial charge in [-0.3, -0.25) is 0 Å². The van der Waals surface area contributed by atoms with E-state index in [1.165, 1.54) is 6.07 Å². The van der Waals surface area contributed by atoms with Crippen LogP contribution in [0.3, 0.4) is 0 Å². The van der Waals surface area contributed by atoms with Crippen LogP contribution in [0.25, 0.3) is 0 Å². The predicted molar refractivity (Wildman–Crippen MR) is 65.0 cm³/mol. The SMILES string of the molecule is CC1CN(c2ccc(CO)c(C(F)(F)F)c2)CCO1. The predicted octanol–water partition coefficient (Wildman–Crippen LogP) is 2.42. The molecule has 1 aliphatic rings. The number of halogens is 3. The molecular weight excluding hydrogens is 259 g/mol. The van der Waals surface area contributed by atoms with Crippen LogP contribution >= 0.6 is 0 Å². The maximum absolute atomic E-state index is 12.9. The standard InChI is InChI=1S/C13H16F3NO2/c1-9-7-17(4-5-19-9)11-3-2-10(8-18)12(6-11)13(14,15)16/h2-3,6,9,18H,4-5,7-8H2,1H3. The summed E-state index contributed by atoms with van der Waals surface area (Å²) in [5.74, 6) is 0. The zero-order valence-electron chi connectivity index (χ0n) is 10.6. The molecule has 1 aromatic rings. The third-order valence-electron chi connectivity index (χ3n) is 3.18. The number of ether oxygens (including phenoxy) is 1. The molecule has 1 N–H and O–H groups in total. The second kappa shape index (κ2) is 5.38. The lowest BCUT2D eigenvalue weighted by Crippen LogP contribution is -2.41. The van der Waals surface area contributed by atoms with E-state index in [1.807, 2.05) is 11.8 Å². The summed E-state index contributed by atoms with van der Waals surface area (Å²) in [6, 6.07) is 4.04. The van der Waals surface area contributed by atoms with Gasteiger partial charge in [-0.05, 0) is 24.6 Å². The molecule has 0 saturated carbocycles. The van der Waals surface area contributed by atoms with E-state index >= 15 is 0 Å². The van der Waals surface area contributed by atoms with Gasteiger partial charge in [0.25, 0.3) is 0 Å². The van der Waals surface area contributed by atoms with Crippen LogP contribution in [0.2, 0.25) is 0 Å². The molecule has 1 aliphatic heterocycles. The molecule has 1 aromatic carbocycles. The summed E-state index contributed by atoms with van der Waals surface area (Å²) in [5.41, 5.74) is -0.358. The van der Waals surface area contributed by atoms with Gasteiger partial charge in [0.15, 0.2) is 0 Å². The molecule has 0 amide bonds. The molecule has 1 unspecified atom stereocenters. The molecule has 1 fully saturated rings. The van der Waals surface area contributed by atoms with Gasteiger partial charge in [0.1, 0.15) is 0 Å². The van der Waals surface area contributed by atoms with Crippen molar-refractivity contribution in [3.8, 4) is 0 Å². The van der Waals surface area contributed by atoms with Crippen LogP contribution < -0.4 is 4.90 Å². The highest BCUT2D eigenvalue weighted by Crippen LogP contribution is 2.35. The first-order valence-corrected chi connectivity index (χ1v) is 6.09. The summed E-state index contributed by atoms with van der Waals surface area (Å²) in [5, 5.41) is 8.99. The Hall–Kier alpha value is -1.27. The van der Waals surface area contributed by atoms with Crippen molar-refractivity contribution < 1.29 is 23.0 Å². The highest BCUT2D eigenvalue weighted by Gasteiger charge is 2.34. The molecule has 19 heavy (non-hydrogen) atoms.